The molecule has 41 heavy (non-hydrogen) atoms. The van der Waals surface area contributed by atoms with Crippen molar-refractivity contribution in [2.75, 3.05) is 6.61 Å². The van der Waals surface area contributed by atoms with Crippen LogP contribution < -0.4 is 4.74 Å². The topological polar surface area (TPSA) is 43.4 Å². The summed E-state index contributed by atoms with van der Waals surface area (Å²) in [4.78, 5) is -0.315. The number of hydrogen-bond acceptors (Lipinski definition) is 3. The molecule has 0 heterocycles. The van der Waals surface area contributed by atoms with Gasteiger partial charge in [0.05, 0.1) is 21.8 Å². The van der Waals surface area contributed by atoms with Crippen LogP contribution in [0.3, 0.4) is 0 Å². The average Bonchev–Trinajstić information content (AvgIpc) is 2.96. The van der Waals surface area contributed by atoms with Gasteiger partial charge in [-0.25, -0.2) is 8.42 Å². The molecule has 2 aliphatic rings. The Kier molecular flexibility index (Phi) is 6.94. The van der Waals surface area contributed by atoms with E-state index in [1.165, 1.54) is 12.1 Å². The van der Waals surface area contributed by atoms with E-state index >= 15 is 0 Å². The monoisotopic (exact) mass is 596 g/mol. The fourth-order valence-electron chi connectivity index (χ4n) is 6.75. The third kappa shape index (κ3) is 4.93. The van der Waals surface area contributed by atoms with Crippen LogP contribution in [-0.2, 0) is 16.0 Å². The van der Waals surface area contributed by atoms with E-state index in [2.05, 4.69) is 12.2 Å². The van der Waals surface area contributed by atoms with Gasteiger partial charge in [0.2, 0.25) is 0 Å². The second-order valence-corrected chi connectivity index (χ2v) is 14.1. The van der Waals surface area contributed by atoms with E-state index in [0.29, 0.717) is 17.2 Å². The Bertz CT molecular complexity index is 1750. The predicted molar refractivity (Wildman–Crippen MR) is 156 cm³/mol. The van der Waals surface area contributed by atoms with Crippen LogP contribution in [0.25, 0.3) is 16.8 Å². The Hall–Kier alpha value is -3.29. The van der Waals surface area contributed by atoms with Crippen molar-refractivity contribution in [3.63, 3.8) is 0 Å². The third-order valence-corrected chi connectivity index (χ3v) is 11.4. The van der Waals surface area contributed by atoms with Crippen molar-refractivity contribution in [2.45, 2.75) is 41.5 Å². The van der Waals surface area contributed by atoms with Crippen LogP contribution in [0.5, 0.6) is 5.75 Å². The highest BCUT2D eigenvalue weighted by Gasteiger charge is 2.55. The SMILES string of the molecule is CC1(S(=O)(=O)c2cccc(C(F)(F)F)c2)CC(COc2ccc(Cl)cc2)CC2C=Cc3c(ccc4ccccc34)C21. The smallest absolute Gasteiger partial charge is 0.416 e. The molecule has 4 aromatic rings. The van der Waals surface area contributed by atoms with Crippen molar-refractivity contribution in [1.82, 2.24) is 0 Å². The van der Waals surface area contributed by atoms with Crippen LogP contribution in [0.4, 0.5) is 13.2 Å². The summed E-state index contributed by atoms with van der Waals surface area (Å²) in [6, 6.07) is 23.0. The molecule has 0 spiro atoms. The van der Waals surface area contributed by atoms with E-state index in [1.54, 1.807) is 31.2 Å². The number of fused-ring (bicyclic) bond motifs is 5. The van der Waals surface area contributed by atoms with E-state index in [-0.39, 0.29) is 29.8 Å². The van der Waals surface area contributed by atoms with Gasteiger partial charge in [0.1, 0.15) is 5.75 Å². The van der Waals surface area contributed by atoms with E-state index in [9.17, 15) is 21.6 Å². The van der Waals surface area contributed by atoms with Crippen molar-refractivity contribution in [3.05, 3.63) is 113 Å². The molecule has 1 saturated carbocycles. The van der Waals surface area contributed by atoms with Gasteiger partial charge in [-0.1, -0.05) is 66.2 Å². The normalized spacial score (nSPS) is 24.1. The van der Waals surface area contributed by atoms with Gasteiger partial charge >= 0.3 is 6.18 Å². The molecule has 0 aromatic heterocycles. The Morgan fingerprint density at radius 1 is 0.976 bits per heavy atom. The fourth-order valence-corrected chi connectivity index (χ4v) is 9.05. The molecule has 4 aromatic carbocycles. The number of benzene rings is 4. The fraction of sp³-hybridized carbons (Fsp3) is 0.273. The molecule has 0 aliphatic heterocycles. The average molecular weight is 597 g/mol. The highest BCUT2D eigenvalue weighted by Crippen LogP contribution is 2.56. The minimum Gasteiger partial charge on any atom is -0.493 e. The van der Waals surface area contributed by atoms with Crippen molar-refractivity contribution in [1.29, 1.82) is 0 Å². The molecule has 8 heteroatoms. The number of allylic oxidation sites excluding steroid dienone is 1. The lowest BCUT2D eigenvalue weighted by Gasteiger charge is -2.49. The first-order valence-corrected chi connectivity index (χ1v) is 15.3. The Morgan fingerprint density at radius 2 is 1.73 bits per heavy atom. The quantitative estimate of drug-likeness (QED) is 0.231. The van der Waals surface area contributed by atoms with E-state index in [4.69, 9.17) is 16.3 Å². The molecule has 2 aliphatic carbocycles. The maximum Gasteiger partial charge on any atom is 0.416 e. The Balaban J connectivity index is 1.45. The summed E-state index contributed by atoms with van der Waals surface area (Å²) in [5.74, 6) is -0.112. The zero-order chi connectivity index (χ0) is 29.0. The number of sulfone groups is 1. The van der Waals surface area contributed by atoms with Crippen molar-refractivity contribution in [3.8, 4) is 5.75 Å². The van der Waals surface area contributed by atoms with Crippen LogP contribution in [0, 0.1) is 11.8 Å². The number of hydrogen-bond donors (Lipinski definition) is 0. The molecule has 3 nitrogen and oxygen atoms in total. The van der Waals surface area contributed by atoms with Gasteiger partial charge in [-0.2, -0.15) is 13.2 Å². The summed E-state index contributed by atoms with van der Waals surface area (Å²) < 4.78 is 74.6. The summed E-state index contributed by atoms with van der Waals surface area (Å²) in [7, 11) is -4.24. The summed E-state index contributed by atoms with van der Waals surface area (Å²) in [6.07, 6.45) is 0.414. The van der Waals surface area contributed by atoms with Crippen molar-refractivity contribution >= 4 is 38.3 Å². The van der Waals surface area contributed by atoms with Crippen LogP contribution in [0.1, 0.15) is 42.4 Å². The van der Waals surface area contributed by atoms with Crippen LogP contribution in [0.15, 0.2) is 95.9 Å². The lowest BCUT2D eigenvalue weighted by atomic mass is 9.62. The Morgan fingerprint density at radius 3 is 2.49 bits per heavy atom. The summed E-state index contributed by atoms with van der Waals surface area (Å²) in [6.45, 7) is 1.98. The van der Waals surface area contributed by atoms with Gasteiger partial charge in [0.25, 0.3) is 0 Å². The van der Waals surface area contributed by atoms with Gasteiger partial charge in [0, 0.05) is 10.9 Å². The summed E-state index contributed by atoms with van der Waals surface area (Å²) in [5.41, 5.74) is 0.893. The van der Waals surface area contributed by atoms with Gasteiger partial charge < -0.3 is 4.74 Å². The van der Waals surface area contributed by atoms with Crippen LogP contribution in [0.2, 0.25) is 5.02 Å². The number of rotatable bonds is 5. The molecule has 212 valence electrons. The number of halogens is 4. The third-order valence-electron chi connectivity index (χ3n) is 8.62. The summed E-state index contributed by atoms with van der Waals surface area (Å²) >= 11 is 6.00. The standard InChI is InChI=1S/C33H28ClF3O3S/c1-32(41(38,39)27-7-4-6-24(18-27)33(35,36)37)19-21(20-40-26-13-11-25(34)12-14-26)17-23-10-15-29-28-8-3-2-5-22(28)9-16-30(29)31(23)32/h2-16,18,21,23,31H,17,19-20H2,1H3. The maximum atomic E-state index is 14.5. The van der Waals surface area contributed by atoms with E-state index in [1.807, 2.05) is 36.4 Å². The van der Waals surface area contributed by atoms with E-state index < -0.39 is 32.2 Å². The second-order valence-electron chi connectivity index (χ2n) is 11.2. The lowest BCUT2D eigenvalue weighted by molar-refractivity contribution is -0.137. The number of alkyl halides is 3. The maximum absolute atomic E-state index is 14.5. The van der Waals surface area contributed by atoms with E-state index in [0.717, 1.165) is 34.0 Å². The molecule has 0 saturated heterocycles. The molecule has 4 atom stereocenters. The molecule has 0 bridgehead atoms. The lowest BCUT2D eigenvalue weighted by Crippen LogP contribution is -2.51. The van der Waals surface area contributed by atoms with Gasteiger partial charge in [-0.05, 0) is 96.0 Å². The van der Waals surface area contributed by atoms with Crippen molar-refractivity contribution < 1.29 is 26.3 Å². The largest absolute Gasteiger partial charge is 0.493 e. The molecule has 0 N–H and O–H groups in total. The van der Waals surface area contributed by atoms with Gasteiger partial charge in [-0.15, -0.1) is 0 Å². The molecule has 1 fully saturated rings. The molecular weight excluding hydrogens is 569 g/mol. The number of ether oxygens (including phenoxy) is 1. The van der Waals surface area contributed by atoms with Crippen LogP contribution >= 0.6 is 11.6 Å². The highest BCUT2D eigenvalue weighted by atomic mass is 35.5. The van der Waals surface area contributed by atoms with Gasteiger partial charge in [0.15, 0.2) is 9.84 Å². The first-order chi connectivity index (χ1) is 19.5. The highest BCUT2D eigenvalue weighted by molar-refractivity contribution is 7.92. The first-order valence-electron chi connectivity index (χ1n) is 13.5. The molecule has 4 unspecified atom stereocenters. The zero-order valence-corrected chi connectivity index (χ0v) is 23.8. The first kappa shape index (κ1) is 27.9. The zero-order valence-electron chi connectivity index (χ0n) is 22.2. The molecular formula is C33H28ClF3O3S. The van der Waals surface area contributed by atoms with Crippen LogP contribution in [-0.4, -0.2) is 19.8 Å². The molecule has 0 amide bonds. The van der Waals surface area contributed by atoms with Crippen molar-refractivity contribution in [2.24, 2.45) is 11.8 Å². The second kappa shape index (κ2) is 10.2. The predicted octanol–water partition coefficient (Wildman–Crippen LogP) is 8.96. The molecule has 0 radical (unpaired) electrons. The van der Waals surface area contributed by atoms with Gasteiger partial charge in [-0.3, -0.25) is 0 Å². The summed E-state index contributed by atoms with van der Waals surface area (Å²) in [5, 5.41) is 2.64. The minimum atomic E-state index is -4.66. The Labute approximate surface area is 242 Å². The minimum absolute atomic E-state index is 0.137. The molecule has 6 rings (SSSR count).